The summed E-state index contributed by atoms with van der Waals surface area (Å²) >= 11 is 0. The summed E-state index contributed by atoms with van der Waals surface area (Å²) in [5.74, 6) is 3.67. The molecule has 0 spiro atoms. The lowest BCUT2D eigenvalue weighted by atomic mass is 9.93. The van der Waals surface area contributed by atoms with Crippen LogP contribution in [0.1, 0.15) is 75.6 Å². The standard InChI is InChI=1S/C29H41N5O/c1-4-24(23-8-6-5-7-9-23)28(35)34-19-14-26-25(20-34)27(32-15-10-21(2)11-16-32)31-29(30-26)33-17-12-22(3)13-18-33/h5-9,21-22,24H,4,10-20H2,1-3H3/t24-/m1/s1. The fourth-order valence-electron chi connectivity index (χ4n) is 5.86. The molecule has 0 saturated carbocycles. The van der Waals surface area contributed by atoms with Gasteiger partial charge in [-0.15, -0.1) is 0 Å². The quantitative estimate of drug-likeness (QED) is 0.607. The van der Waals surface area contributed by atoms with E-state index in [2.05, 4.69) is 47.6 Å². The van der Waals surface area contributed by atoms with Gasteiger partial charge in [-0.25, -0.2) is 4.98 Å². The van der Waals surface area contributed by atoms with Crippen molar-refractivity contribution in [1.29, 1.82) is 0 Å². The van der Waals surface area contributed by atoms with Crippen molar-refractivity contribution in [2.75, 3.05) is 42.5 Å². The van der Waals surface area contributed by atoms with E-state index in [0.717, 1.165) is 80.4 Å². The van der Waals surface area contributed by atoms with Crippen LogP contribution in [0.15, 0.2) is 30.3 Å². The molecule has 3 aliphatic rings. The van der Waals surface area contributed by atoms with Crippen LogP contribution in [-0.4, -0.2) is 53.5 Å². The van der Waals surface area contributed by atoms with Crippen LogP contribution in [0.4, 0.5) is 11.8 Å². The SMILES string of the molecule is CC[C@@H](C(=O)N1CCc2nc(N3CCC(C)CC3)nc(N3CCC(C)CC3)c2C1)c1ccccc1. The highest BCUT2D eigenvalue weighted by atomic mass is 16.2. The van der Waals surface area contributed by atoms with Gasteiger partial charge in [0.2, 0.25) is 11.9 Å². The minimum Gasteiger partial charge on any atom is -0.356 e. The molecule has 1 amide bonds. The molecule has 4 heterocycles. The van der Waals surface area contributed by atoms with Crippen LogP contribution in [0.5, 0.6) is 0 Å². The maximum absolute atomic E-state index is 13.7. The second-order valence-corrected chi connectivity index (χ2v) is 11.0. The molecule has 6 heteroatoms. The predicted octanol–water partition coefficient (Wildman–Crippen LogP) is 5.03. The normalized spacial score (nSPS) is 20.6. The third kappa shape index (κ3) is 5.17. The Hall–Kier alpha value is -2.63. The molecule has 3 aliphatic heterocycles. The van der Waals surface area contributed by atoms with Gasteiger partial charge in [0.05, 0.1) is 18.2 Å². The highest BCUT2D eigenvalue weighted by Gasteiger charge is 2.32. The van der Waals surface area contributed by atoms with E-state index in [1.165, 1.54) is 31.2 Å². The number of nitrogens with zero attached hydrogens (tertiary/aromatic N) is 5. The zero-order chi connectivity index (χ0) is 24.4. The first kappa shape index (κ1) is 24.1. The number of benzene rings is 1. The molecule has 2 saturated heterocycles. The highest BCUT2D eigenvalue weighted by Crippen LogP contribution is 2.34. The molecule has 5 rings (SSSR count). The Morgan fingerprint density at radius 3 is 2.17 bits per heavy atom. The highest BCUT2D eigenvalue weighted by molar-refractivity contribution is 5.84. The number of aromatic nitrogens is 2. The van der Waals surface area contributed by atoms with Gasteiger partial charge >= 0.3 is 0 Å². The van der Waals surface area contributed by atoms with E-state index in [4.69, 9.17) is 9.97 Å². The third-order valence-corrected chi connectivity index (χ3v) is 8.40. The largest absolute Gasteiger partial charge is 0.356 e. The average Bonchev–Trinajstić information content (AvgIpc) is 2.89. The molecule has 1 atom stereocenters. The van der Waals surface area contributed by atoms with Crippen molar-refractivity contribution in [3.8, 4) is 0 Å². The number of rotatable bonds is 5. The Bertz CT molecular complexity index is 1010. The molecule has 188 valence electrons. The van der Waals surface area contributed by atoms with Crippen LogP contribution in [-0.2, 0) is 17.8 Å². The van der Waals surface area contributed by atoms with Crippen molar-refractivity contribution in [1.82, 2.24) is 14.9 Å². The van der Waals surface area contributed by atoms with Crippen molar-refractivity contribution in [3.63, 3.8) is 0 Å². The molecule has 1 aromatic carbocycles. The van der Waals surface area contributed by atoms with Gasteiger partial charge in [-0.05, 0) is 49.5 Å². The van der Waals surface area contributed by atoms with Crippen molar-refractivity contribution in [3.05, 3.63) is 47.2 Å². The molecule has 0 aliphatic carbocycles. The Kier molecular flexibility index (Phi) is 7.26. The number of hydrogen-bond donors (Lipinski definition) is 0. The summed E-state index contributed by atoms with van der Waals surface area (Å²) in [6, 6.07) is 10.2. The minimum absolute atomic E-state index is 0.0902. The van der Waals surface area contributed by atoms with Crippen LogP contribution in [0, 0.1) is 11.8 Å². The summed E-state index contributed by atoms with van der Waals surface area (Å²) in [7, 11) is 0. The zero-order valence-corrected chi connectivity index (χ0v) is 21.7. The number of anilines is 2. The fourth-order valence-corrected chi connectivity index (χ4v) is 5.86. The van der Waals surface area contributed by atoms with Crippen LogP contribution in [0.3, 0.4) is 0 Å². The summed E-state index contributed by atoms with van der Waals surface area (Å²) in [6.07, 6.45) is 6.43. The molecular formula is C29H41N5O. The third-order valence-electron chi connectivity index (χ3n) is 8.40. The maximum atomic E-state index is 13.7. The smallest absolute Gasteiger partial charge is 0.230 e. The van der Waals surface area contributed by atoms with Crippen LogP contribution < -0.4 is 9.80 Å². The number of carbonyl (C=O) groups excluding carboxylic acids is 1. The lowest BCUT2D eigenvalue weighted by Crippen LogP contribution is -2.42. The molecule has 35 heavy (non-hydrogen) atoms. The average molecular weight is 476 g/mol. The Balaban J connectivity index is 1.44. The van der Waals surface area contributed by atoms with Gasteiger partial charge in [0.15, 0.2) is 0 Å². The Labute approximate surface area is 210 Å². The van der Waals surface area contributed by atoms with E-state index < -0.39 is 0 Å². The number of amides is 1. The fraction of sp³-hybridized carbons (Fsp3) is 0.621. The predicted molar refractivity (Wildman–Crippen MR) is 142 cm³/mol. The van der Waals surface area contributed by atoms with Crippen LogP contribution in [0.2, 0.25) is 0 Å². The van der Waals surface area contributed by atoms with Crippen LogP contribution in [0.25, 0.3) is 0 Å². The van der Waals surface area contributed by atoms with E-state index >= 15 is 0 Å². The van der Waals surface area contributed by atoms with Crippen molar-refractivity contribution >= 4 is 17.7 Å². The van der Waals surface area contributed by atoms with Crippen molar-refractivity contribution in [2.24, 2.45) is 11.8 Å². The zero-order valence-electron chi connectivity index (χ0n) is 21.7. The lowest BCUT2D eigenvalue weighted by molar-refractivity contribution is -0.133. The summed E-state index contributed by atoms with van der Waals surface area (Å²) < 4.78 is 0. The maximum Gasteiger partial charge on any atom is 0.230 e. The molecular weight excluding hydrogens is 434 g/mol. The van der Waals surface area contributed by atoms with Gasteiger partial charge in [-0.2, -0.15) is 4.98 Å². The topological polar surface area (TPSA) is 52.6 Å². The number of fused-ring (bicyclic) bond motifs is 1. The lowest BCUT2D eigenvalue weighted by Gasteiger charge is -2.38. The first-order chi connectivity index (χ1) is 17.0. The number of piperidine rings is 2. The minimum atomic E-state index is -0.0902. The first-order valence-corrected chi connectivity index (χ1v) is 13.8. The second-order valence-electron chi connectivity index (χ2n) is 11.0. The molecule has 2 fully saturated rings. The van der Waals surface area contributed by atoms with E-state index in [1.807, 2.05) is 18.2 Å². The molecule has 0 bridgehead atoms. The summed E-state index contributed by atoms with van der Waals surface area (Å²) in [4.78, 5) is 30.9. The summed E-state index contributed by atoms with van der Waals surface area (Å²) in [5, 5.41) is 0. The van der Waals surface area contributed by atoms with Gasteiger partial charge in [0.1, 0.15) is 5.82 Å². The molecule has 0 unspecified atom stereocenters. The summed E-state index contributed by atoms with van der Waals surface area (Å²) in [5.41, 5.74) is 3.44. The van der Waals surface area contributed by atoms with E-state index in [0.29, 0.717) is 6.54 Å². The van der Waals surface area contributed by atoms with Gasteiger partial charge in [0, 0.05) is 44.7 Å². The molecule has 0 N–H and O–H groups in total. The monoisotopic (exact) mass is 475 g/mol. The molecule has 0 radical (unpaired) electrons. The van der Waals surface area contributed by atoms with Crippen molar-refractivity contribution < 1.29 is 4.79 Å². The Morgan fingerprint density at radius 1 is 0.914 bits per heavy atom. The van der Waals surface area contributed by atoms with Gasteiger partial charge in [0.25, 0.3) is 0 Å². The van der Waals surface area contributed by atoms with Crippen molar-refractivity contribution in [2.45, 2.75) is 71.8 Å². The van der Waals surface area contributed by atoms with E-state index in [-0.39, 0.29) is 11.8 Å². The number of carbonyl (C=O) groups is 1. The van der Waals surface area contributed by atoms with Gasteiger partial charge in [-0.1, -0.05) is 51.1 Å². The first-order valence-electron chi connectivity index (χ1n) is 13.8. The van der Waals surface area contributed by atoms with E-state index in [9.17, 15) is 4.79 Å². The van der Waals surface area contributed by atoms with Crippen LogP contribution >= 0.6 is 0 Å². The molecule has 1 aromatic heterocycles. The summed E-state index contributed by atoms with van der Waals surface area (Å²) in [6.45, 7) is 12.3. The van der Waals surface area contributed by atoms with Gasteiger partial charge in [-0.3, -0.25) is 4.79 Å². The van der Waals surface area contributed by atoms with E-state index in [1.54, 1.807) is 0 Å². The molecule has 6 nitrogen and oxygen atoms in total. The molecule has 2 aromatic rings. The Morgan fingerprint density at radius 2 is 1.54 bits per heavy atom. The number of hydrogen-bond acceptors (Lipinski definition) is 5. The second kappa shape index (κ2) is 10.5. The van der Waals surface area contributed by atoms with Gasteiger partial charge < -0.3 is 14.7 Å².